The number of hydrogen-bond donors (Lipinski definition) is 2. The van der Waals surface area contributed by atoms with Crippen molar-refractivity contribution < 1.29 is 9.00 Å². The number of hydrogen-bond acceptors (Lipinski definition) is 4. The average molecular weight is 241 g/mol. The molecular weight excluding hydrogens is 226 g/mol. The van der Waals surface area contributed by atoms with E-state index in [0.29, 0.717) is 17.0 Å². The van der Waals surface area contributed by atoms with Crippen LogP contribution in [-0.2, 0) is 10.8 Å². The van der Waals surface area contributed by atoms with Gasteiger partial charge in [0.05, 0.1) is 5.56 Å². The number of nitrogen functional groups attached to an aromatic ring is 1. The van der Waals surface area contributed by atoms with E-state index in [0.717, 1.165) is 0 Å². The predicted molar refractivity (Wildman–Crippen MR) is 64.5 cm³/mol. The van der Waals surface area contributed by atoms with Gasteiger partial charge >= 0.3 is 0 Å². The van der Waals surface area contributed by atoms with Crippen LogP contribution in [0.5, 0.6) is 0 Å². The zero-order valence-electron chi connectivity index (χ0n) is 9.27. The lowest BCUT2D eigenvalue weighted by Gasteiger charge is -2.12. The average Bonchev–Trinajstić information content (AvgIpc) is 2.16. The summed E-state index contributed by atoms with van der Waals surface area (Å²) in [5, 5.41) is 2.72. The molecule has 3 N–H and O–H groups in total. The largest absolute Gasteiger partial charge is 0.398 e. The van der Waals surface area contributed by atoms with E-state index in [-0.39, 0.29) is 11.9 Å². The van der Waals surface area contributed by atoms with Crippen LogP contribution in [0.4, 0.5) is 5.69 Å². The highest BCUT2D eigenvalue weighted by molar-refractivity contribution is 7.84. The molecule has 1 rings (SSSR count). The summed E-state index contributed by atoms with van der Waals surface area (Å²) in [6, 6.07) is 1.41. The number of rotatable bonds is 4. The minimum Gasteiger partial charge on any atom is -0.398 e. The Morgan fingerprint density at radius 2 is 2.38 bits per heavy atom. The van der Waals surface area contributed by atoms with Crippen LogP contribution in [0.3, 0.4) is 0 Å². The fraction of sp³-hybridized carbons (Fsp3) is 0.400. The molecule has 0 aliphatic carbocycles. The molecule has 0 aromatic carbocycles. The maximum atomic E-state index is 11.7. The normalized spacial score (nSPS) is 14.1. The predicted octanol–water partition coefficient (Wildman–Crippen LogP) is 0.161. The van der Waals surface area contributed by atoms with E-state index in [2.05, 4.69) is 10.3 Å². The molecule has 0 radical (unpaired) electrons. The molecular formula is C10H15N3O2S. The van der Waals surface area contributed by atoms with Crippen molar-refractivity contribution in [1.29, 1.82) is 0 Å². The Hall–Kier alpha value is -1.43. The first-order chi connectivity index (χ1) is 7.50. The van der Waals surface area contributed by atoms with Crippen molar-refractivity contribution in [2.24, 2.45) is 0 Å². The van der Waals surface area contributed by atoms with Crippen molar-refractivity contribution >= 4 is 22.4 Å². The summed E-state index contributed by atoms with van der Waals surface area (Å²) in [7, 11) is -0.935. The number of nitrogens with two attached hydrogens (primary N) is 1. The van der Waals surface area contributed by atoms with Gasteiger partial charge in [-0.05, 0) is 13.0 Å². The first kappa shape index (κ1) is 12.6. The molecule has 0 aliphatic heterocycles. The van der Waals surface area contributed by atoms with Gasteiger partial charge in [0.2, 0.25) is 0 Å². The van der Waals surface area contributed by atoms with Crippen LogP contribution in [-0.4, -0.2) is 33.2 Å². The molecule has 6 heteroatoms. The molecule has 1 amide bonds. The SMILES string of the molecule is CC(CS(C)=O)NC(=O)c1cnccc1N. The van der Waals surface area contributed by atoms with Crippen molar-refractivity contribution in [3.63, 3.8) is 0 Å². The number of pyridine rings is 1. The highest BCUT2D eigenvalue weighted by atomic mass is 32.2. The number of nitrogens with zero attached hydrogens (tertiary/aromatic N) is 1. The van der Waals surface area contributed by atoms with E-state index in [1.807, 2.05) is 0 Å². The molecule has 1 aromatic rings. The molecule has 1 aromatic heterocycles. The van der Waals surface area contributed by atoms with Crippen LogP contribution < -0.4 is 11.1 Å². The lowest BCUT2D eigenvalue weighted by Crippen LogP contribution is -2.36. The lowest BCUT2D eigenvalue weighted by molar-refractivity contribution is 0.0944. The van der Waals surface area contributed by atoms with E-state index < -0.39 is 10.8 Å². The van der Waals surface area contributed by atoms with E-state index in [1.54, 1.807) is 19.2 Å². The van der Waals surface area contributed by atoms with Gasteiger partial charge in [-0.15, -0.1) is 0 Å². The highest BCUT2D eigenvalue weighted by Gasteiger charge is 2.13. The van der Waals surface area contributed by atoms with Gasteiger partial charge in [0.1, 0.15) is 0 Å². The van der Waals surface area contributed by atoms with Crippen LogP contribution in [0, 0.1) is 0 Å². The number of anilines is 1. The first-order valence-electron chi connectivity index (χ1n) is 4.81. The van der Waals surface area contributed by atoms with Crippen molar-refractivity contribution in [2.75, 3.05) is 17.7 Å². The number of carbonyl (C=O) groups is 1. The van der Waals surface area contributed by atoms with Gasteiger partial charge in [-0.1, -0.05) is 0 Å². The third-order valence-electron chi connectivity index (χ3n) is 1.96. The number of amides is 1. The summed E-state index contributed by atoms with van der Waals surface area (Å²) >= 11 is 0. The topological polar surface area (TPSA) is 85.1 Å². The van der Waals surface area contributed by atoms with Gasteiger partial charge in [0, 0.05) is 46.9 Å². The Kier molecular flexibility index (Phi) is 4.42. The van der Waals surface area contributed by atoms with Crippen molar-refractivity contribution in [2.45, 2.75) is 13.0 Å². The Bertz CT molecular complexity index is 409. The highest BCUT2D eigenvalue weighted by Crippen LogP contribution is 2.08. The van der Waals surface area contributed by atoms with Crippen LogP contribution in [0.2, 0.25) is 0 Å². The zero-order chi connectivity index (χ0) is 12.1. The smallest absolute Gasteiger partial charge is 0.255 e. The van der Waals surface area contributed by atoms with Gasteiger partial charge in [-0.3, -0.25) is 14.0 Å². The standard InChI is InChI=1S/C10H15N3O2S/c1-7(6-16(2)15)13-10(14)8-5-12-4-3-9(8)11/h3-5,7H,6H2,1-2H3,(H2,11,12)(H,13,14). The maximum Gasteiger partial charge on any atom is 0.255 e. The van der Waals surface area contributed by atoms with Gasteiger partial charge in [0.15, 0.2) is 0 Å². The van der Waals surface area contributed by atoms with Crippen molar-refractivity contribution in [3.05, 3.63) is 24.0 Å². The Morgan fingerprint density at radius 1 is 1.69 bits per heavy atom. The minimum atomic E-state index is -0.935. The van der Waals surface area contributed by atoms with Crippen LogP contribution in [0.15, 0.2) is 18.5 Å². The monoisotopic (exact) mass is 241 g/mol. The van der Waals surface area contributed by atoms with Crippen LogP contribution >= 0.6 is 0 Å². The molecule has 88 valence electrons. The van der Waals surface area contributed by atoms with E-state index in [4.69, 9.17) is 5.73 Å². The van der Waals surface area contributed by atoms with Gasteiger partial charge in [0.25, 0.3) is 5.91 Å². The van der Waals surface area contributed by atoms with E-state index >= 15 is 0 Å². The molecule has 0 saturated carbocycles. The van der Waals surface area contributed by atoms with Gasteiger partial charge in [-0.2, -0.15) is 0 Å². The second kappa shape index (κ2) is 5.60. The number of carbonyl (C=O) groups excluding carboxylic acids is 1. The van der Waals surface area contributed by atoms with E-state index in [9.17, 15) is 9.00 Å². The maximum absolute atomic E-state index is 11.7. The Morgan fingerprint density at radius 3 is 2.94 bits per heavy atom. The molecule has 2 unspecified atom stereocenters. The third kappa shape index (κ3) is 3.62. The molecule has 0 aliphatic rings. The summed E-state index contributed by atoms with van der Waals surface area (Å²) in [5.74, 6) is 0.134. The Labute approximate surface area is 96.9 Å². The second-order valence-electron chi connectivity index (χ2n) is 3.58. The summed E-state index contributed by atoms with van der Waals surface area (Å²) in [5.41, 5.74) is 6.37. The fourth-order valence-corrected chi connectivity index (χ4v) is 2.08. The summed E-state index contributed by atoms with van der Waals surface area (Å²) < 4.78 is 11.0. The third-order valence-corrected chi connectivity index (χ3v) is 2.93. The molecule has 1 heterocycles. The summed E-state index contributed by atoms with van der Waals surface area (Å²) in [4.78, 5) is 15.6. The minimum absolute atomic E-state index is 0.155. The van der Waals surface area contributed by atoms with E-state index in [1.165, 1.54) is 12.4 Å². The Balaban J connectivity index is 2.66. The molecule has 5 nitrogen and oxygen atoms in total. The lowest BCUT2D eigenvalue weighted by atomic mass is 10.2. The molecule has 0 saturated heterocycles. The summed E-state index contributed by atoms with van der Waals surface area (Å²) in [6.45, 7) is 1.80. The quantitative estimate of drug-likeness (QED) is 0.786. The second-order valence-corrected chi connectivity index (χ2v) is 5.06. The molecule has 0 fully saturated rings. The number of aromatic nitrogens is 1. The van der Waals surface area contributed by atoms with Crippen molar-refractivity contribution in [1.82, 2.24) is 10.3 Å². The number of nitrogens with one attached hydrogen (secondary N) is 1. The zero-order valence-corrected chi connectivity index (χ0v) is 10.1. The van der Waals surface area contributed by atoms with Crippen molar-refractivity contribution in [3.8, 4) is 0 Å². The fourth-order valence-electron chi connectivity index (χ4n) is 1.29. The molecule has 0 bridgehead atoms. The molecule has 2 atom stereocenters. The van der Waals surface area contributed by atoms with Gasteiger partial charge in [-0.25, -0.2) is 0 Å². The van der Waals surface area contributed by atoms with Crippen LogP contribution in [0.1, 0.15) is 17.3 Å². The molecule has 16 heavy (non-hydrogen) atoms. The first-order valence-corrected chi connectivity index (χ1v) is 6.53. The molecule has 0 spiro atoms. The van der Waals surface area contributed by atoms with Gasteiger partial charge < -0.3 is 11.1 Å². The summed E-state index contributed by atoms with van der Waals surface area (Å²) in [6.07, 6.45) is 4.54. The van der Waals surface area contributed by atoms with Crippen LogP contribution in [0.25, 0.3) is 0 Å².